The number of carboxylic acids is 1. The third kappa shape index (κ3) is 4.32. The third-order valence-electron chi connectivity index (χ3n) is 6.67. The van der Waals surface area contributed by atoms with Crippen LogP contribution in [0, 0.1) is 5.92 Å². The number of carbonyl (C=O) groups excluding carboxylic acids is 2. The van der Waals surface area contributed by atoms with E-state index < -0.39 is 23.8 Å². The van der Waals surface area contributed by atoms with E-state index in [1.807, 2.05) is 12.1 Å². The van der Waals surface area contributed by atoms with Gasteiger partial charge in [-0.15, -0.1) is 0 Å². The van der Waals surface area contributed by atoms with Crippen LogP contribution in [0.15, 0.2) is 77.3 Å². The first-order valence-corrected chi connectivity index (χ1v) is 11.9. The molecular formula is C29H22ClNO6. The summed E-state index contributed by atoms with van der Waals surface area (Å²) in [7, 11) is 1.31. The number of hydrogen-bond acceptors (Lipinski definition) is 6. The molecule has 0 radical (unpaired) electrons. The third-order valence-corrected chi connectivity index (χ3v) is 6.97. The summed E-state index contributed by atoms with van der Waals surface area (Å²) < 4.78 is 11.0. The standard InChI is InChI=1S/C29H22ClNO6/c1-15-23(29(35)36-2)24(25-26(31-15)19-5-3-4-6-20(19)27(25)32)18-11-12-22(21(30)13-18)37-14-16-7-9-17(10-8-16)28(33)34/h3-13,23-24H,14H2,1-2H3,(H,33,34)/t23?,24-/m1/s1. The number of ketones is 1. The number of Topliss-reactive ketones (excluding diaryl/α,β-unsaturated/α-hetero) is 1. The Kier molecular flexibility index (Phi) is 6.39. The Morgan fingerprint density at radius 1 is 1.03 bits per heavy atom. The molecule has 1 unspecified atom stereocenters. The quantitative estimate of drug-likeness (QED) is 0.430. The molecule has 1 heterocycles. The van der Waals surface area contributed by atoms with Gasteiger partial charge in [-0.3, -0.25) is 14.6 Å². The zero-order valence-corrected chi connectivity index (χ0v) is 20.8. The van der Waals surface area contributed by atoms with Crippen molar-refractivity contribution in [3.8, 4) is 5.75 Å². The second-order valence-corrected chi connectivity index (χ2v) is 9.26. The number of carbonyl (C=O) groups is 3. The van der Waals surface area contributed by atoms with E-state index in [4.69, 9.17) is 26.2 Å². The summed E-state index contributed by atoms with van der Waals surface area (Å²) in [6.07, 6.45) is 0. The van der Waals surface area contributed by atoms with Crippen LogP contribution < -0.4 is 4.74 Å². The Morgan fingerprint density at radius 3 is 2.38 bits per heavy atom. The second kappa shape index (κ2) is 9.67. The van der Waals surface area contributed by atoms with E-state index in [2.05, 4.69) is 4.99 Å². The molecular weight excluding hydrogens is 494 g/mol. The topological polar surface area (TPSA) is 102 Å². The fourth-order valence-corrected chi connectivity index (χ4v) is 5.12. The predicted octanol–water partition coefficient (Wildman–Crippen LogP) is 5.57. The van der Waals surface area contributed by atoms with Crippen molar-refractivity contribution in [2.24, 2.45) is 10.9 Å². The molecule has 8 heteroatoms. The van der Waals surface area contributed by atoms with Crippen LogP contribution in [0.2, 0.25) is 5.02 Å². The Hall–Kier alpha value is -4.23. The van der Waals surface area contributed by atoms with Crippen molar-refractivity contribution in [3.63, 3.8) is 0 Å². The number of rotatable bonds is 6. The van der Waals surface area contributed by atoms with Crippen LogP contribution in [0.4, 0.5) is 0 Å². The summed E-state index contributed by atoms with van der Waals surface area (Å²) in [5, 5.41) is 9.37. The van der Waals surface area contributed by atoms with Crippen LogP contribution in [0.5, 0.6) is 5.75 Å². The summed E-state index contributed by atoms with van der Waals surface area (Å²) >= 11 is 6.60. The van der Waals surface area contributed by atoms with Gasteiger partial charge < -0.3 is 14.6 Å². The van der Waals surface area contributed by atoms with Crippen LogP contribution in [0.3, 0.4) is 0 Å². The van der Waals surface area contributed by atoms with E-state index in [9.17, 15) is 14.4 Å². The highest BCUT2D eigenvalue weighted by Crippen LogP contribution is 2.48. The summed E-state index contributed by atoms with van der Waals surface area (Å²) in [6.45, 7) is 1.94. The number of ether oxygens (including phenoxy) is 2. The lowest BCUT2D eigenvalue weighted by molar-refractivity contribution is -0.143. The zero-order chi connectivity index (χ0) is 26.3. The minimum Gasteiger partial charge on any atom is -0.487 e. The number of nitrogens with zero attached hydrogens (tertiary/aromatic N) is 1. The number of hydrogen-bond donors (Lipinski definition) is 1. The molecule has 5 rings (SSSR count). The van der Waals surface area contributed by atoms with Gasteiger partial charge in [0.1, 0.15) is 18.3 Å². The number of carboxylic acid groups (broad SMARTS) is 1. The molecule has 37 heavy (non-hydrogen) atoms. The van der Waals surface area contributed by atoms with Gasteiger partial charge in [0.05, 0.1) is 23.4 Å². The van der Waals surface area contributed by atoms with Gasteiger partial charge in [0.15, 0.2) is 5.78 Å². The maximum Gasteiger partial charge on any atom is 0.335 e. The maximum absolute atomic E-state index is 13.5. The van der Waals surface area contributed by atoms with Gasteiger partial charge in [0, 0.05) is 28.3 Å². The molecule has 1 aliphatic heterocycles. The monoisotopic (exact) mass is 515 g/mol. The molecule has 1 N–H and O–H groups in total. The lowest BCUT2D eigenvalue weighted by Crippen LogP contribution is -2.34. The smallest absolute Gasteiger partial charge is 0.335 e. The van der Waals surface area contributed by atoms with Crippen LogP contribution in [0.25, 0.3) is 5.70 Å². The predicted molar refractivity (Wildman–Crippen MR) is 138 cm³/mol. The summed E-state index contributed by atoms with van der Waals surface area (Å²) in [5.41, 5.74) is 4.52. The lowest BCUT2D eigenvalue weighted by atomic mass is 9.75. The van der Waals surface area contributed by atoms with Crippen LogP contribution in [-0.4, -0.2) is 35.6 Å². The SMILES string of the molecule is COC(=O)C1C(C)=NC2=C(C(=O)c3ccccc32)[C@@H]1c1ccc(OCc2ccc(C(=O)O)cc2)c(Cl)c1. The van der Waals surface area contributed by atoms with Gasteiger partial charge >= 0.3 is 11.9 Å². The van der Waals surface area contributed by atoms with Crippen molar-refractivity contribution in [1.82, 2.24) is 0 Å². The molecule has 2 aliphatic rings. The minimum atomic E-state index is -0.999. The Labute approximate surface area is 218 Å². The molecule has 0 aromatic heterocycles. The molecule has 0 amide bonds. The number of methoxy groups -OCH3 is 1. The largest absolute Gasteiger partial charge is 0.487 e. The van der Waals surface area contributed by atoms with E-state index in [1.54, 1.807) is 49.4 Å². The van der Waals surface area contributed by atoms with Gasteiger partial charge in [-0.1, -0.05) is 54.1 Å². The first-order valence-electron chi connectivity index (χ1n) is 11.6. The van der Waals surface area contributed by atoms with Gasteiger partial charge in [-0.05, 0) is 42.3 Å². The molecule has 2 atom stereocenters. The van der Waals surface area contributed by atoms with Crippen molar-refractivity contribution in [2.75, 3.05) is 7.11 Å². The lowest BCUT2D eigenvalue weighted by Gasteiger charge is -2.30. The highest BCUT2D eigenvalue weighted by atomic mass is 35.5. The van der Waals surface area contributed by atoms with Gasteiger partial charge in [0.25, 0.3) is 0 Å². The summed E-state index contributed by atoms with van der Waals surface area (Å²) in [6, 6.07) is 18.8. The van der Waals surface area contributed by atoms with Crippen molar-refractivity contribution in [3.05, 3.63) is 105 Å². The molecule has 186 valence electrons. The van der Waals surface area contributed by atoms with Gasteiger partial charge in [-0.25, -0.2) is 4.79 Å². The molecule has 3 aromatic rings. The number of aliphatic imine (C=N–C) groups is 1. The van der Waals surface area contributed by atoms with E-state index in [0.717, 1.165) is 11.1 Å². The van der Waals surface area contributed by atoms with Gasteiger partial charge in [0.2, 0.25) is 0 Å². The van der Waals surface area contributed by atoms with Crippen LogP contribution in [0.1, 0.15) is 50.2 Å². The van der Waals surface area contributed by atoms with Crippen LogP contribution in [-0.2, 0) is 16.1 Å². The first-order chi connectivity index (χ1) is 17.8. The molecule has 1 aliphatic carbocycles. The Balaban J connectivity index is 1.48. The molecule has 7 nitrogen and oxygen atoms in total. The Bertz CT molecular complexity index is 1510. The fraction of sp³-hybridized carbons (Fsp3) is 0.172. The fourth-order valence-electron chi connectivity index (χ4n) is 4.87. The molecule has 0 saturated carbocycles. The molecule has 0 fully saturated rings. The number of fused-ring (bicyclic) bond motifs is 2. The van der Waals surface area contributed by atoms with Crippen molar-refractivity contribution in [2.45, 2.75) is 19.4 Å². The van der Waals surface area contributed by atoms with Crippen molar-refractivity contribution >= 4 is 40.7 Å². The van der Waals surface area contributed by atoms with Crippen LogP contribution >= 0.6 is 11.6 Å². The highest BCUT2D eigenvalue weighted by Gasteiger charge is 2.46. The van der Waals surface area contributed by atoms with Crippen molar-refractivity contribution in [1.29, 1.82) is 0 Å². The molecule has 3 aromatic carbocycles. The Morgan fingerprint density at radius 2 is 1.73 bits per heavy atom. The number of benzene rings is 3. The van der Waals surface area contributed by atoms with E-state index in [0.29, 0.717) is 38.9 Å². The molecule has 0 saturated heterocycles. The van der Waals surface area contributed by atoms with E-state index in [1.165, 1.54) is 19.2 Å². The summed E-state index contributed by atoms with van der Waals surface area (Å²) in [5.74, 6) is -2.64. The minimum absolute atomic E-state index is 0.165. The second-order valence-electron chi connectivity index (χ2n) is 8.85. The zero-order valence-electron chi connectivity index (χ0n) is 20.0. The summed E-state index contributed by atoms with van der Waals surface area (Å²) in [4.78, 5) is 42.1. The normalized spacial score (nSPS) is 18.1. The van der Waals surface area contributed by atoms with Crippen molar-refractivity contribution < 1.29 is 29.0 Å². The maximum atomic E-state index is 13.5. The van der Waals surface area contributed by atoms with E-state index >= 15 is 0 Å². The average molecular weight is 516 g/mol. The average Bonchev–Trinajstić information content (AvgIpc) is 3.18. The molecule has 0 spiro atoms. The first kappa shape index (κ1) is 24.5. The number of aromatic carboxylic acids is 1. The van der Waals surface area contributed by atoms with Gasteiger partial charge in [-0.2, -0.15) is 0 Å². The number of esters is 1. The molecule has 0 bridgehead atoms. The van der Waals surface area contributed by atoms with E-state index in [-0.39, 0.29) is 18.0 Å². The number of halogens is 1. The number of allylic oxidation sites excluding steroid dienone is 1. The highest BCUT2D eigenvalue weighted by molar-refractivity contribution is 6.32.